The van der Waals surface area contributed by atoms with E-state index < -0.39 is 0 Å². The lowest BCUT2D eigenvalue weighted by molar-refractivity contribution is 0.299. The number of benzene rings is 2. The Kier molecular flexibility index (Phi) is 5.39. The fourth-order valence-electron chi connectivity index (χ4n) is 1.83. The van der Waals surface area contributed by atoms with Gasteiger partial charge in [-0.1, -0.05) is 30.7 Å². The Balaban J connectivity index is 2.01. The van der Waals surface area contributed by atoms with Crippen LogP contribution in [0, 0.1) is 5.82 Å². The van der Waals surface area contributed by atoms with Crippen LogP contribution in [-0.2, 0) is 13.2 Å². The highest BCUT2D eigenvalue weighted by atomic mass is 35.5. The molecule has 0 unspecified atom stereocenters. The van der Waals surface area contributed by atoms with Gasteiger partial charge < -0.3 is 10.1 Å². The Morgan fingerprint density at radius 1 is 1.20 bits per heavy atom. The molecule has 0 amide bonds. The van der Waals surface area contributed by atoms with Gasteiger partial charge in [0.15, 0.2) is 0 Å². The van der Waals surface area contributed by atoms with Gasteiger partial charge in [-0.25, -0.2) is 4.39 Å². The number of hydrogen-bond acceptors (Lipinski definition) is 2. The third-order valence-electron chi connectivity index (χ3n) is 2.88. The molecule has 2 aromatic carbocycles. The Morgan fingerprint density at radius 2 is 2.05 bits per heavy atom. The maximum atomic E-state index is 13.6. The molecule has 0 saturated heterocycles. The van der Waals surface area contributed by atoms with Gasteiger partial charge in [-0.3, -0.25) is 0 Å². The summed E-state index contributed by atoms with van der Waals surface area (Å²) in [5.41, 5.74) is 1.59. The van der Waals surface area contributed by atoms with Crippen molar-refractivity contribution in [3.05, 3.63) is 64.4 Å². The van der Waals surface area contributed by atoms with E-state index in [1.165, 1.54) is 12.1 Å². The third kappa shape index (κ3) is 4.22. The first-order valence-electron chi connectivity index (χ1n) is 6.55. The molecule has 106 valence electrons. The summed E-state index contributed by atoms with van der Waals surface area (Å²) in [5, 5.41) is 3.75. The van der Waals surface area contributed by atoms with Gasteiger partial charge in [-0.05, 0) is 42.4 Å². The molecule has 0 aliphatic rings. The predicted octanol–water partition coefficient (Wildman–Crippen LogP) is 4.17. The summed E-state index contributed by atoms with van der Waals surface area (Å²) in [6.45, 7) is 3.93. The van der Waals surface area contributed by atoms with Crippen LogP contribution in [0.2, 0.25) is 5.02 Å². The first-order chi connectivity index (χ1) is 9.69. The maximum Gasteiger partial charge on any atom is 0.129 e. The zero-order chi connectivity index (χ0) is 14.4. The van der Waals surface area contributed by atoms with Crippen LogP contribution in [0.4, 0.5) is 4.39 Å². The van der Waals surface area contributed by atoms with Gasteiger partial charge in [0.1, 0.15) is 18.2 Å². The molecule has 2 aromatic rings. The Morgan fingerprint density at radius 3 is 2.85 bits per heavy atom. The van der Waals surface area contributed by atoms with Gasteiger partial charge in [0.05, 0.1) is 0 Å². The van der Waals surface area contributed by atoms with Crippen LogP contribution in [0.3, 0.4) is 0 Å². The highest BCUT2D eigenvalue weighted by molar-refractivity contribution is 6.30. The van der Waals surface area contributed by atoms with Gasteiger partial charge in [0.25, 0.3) is 0 Å². The molecule has 0 spiro atoms. The second kappa shape index (κ2) is 7.27. The van der Waals surface area contributed by atoms with Crippen molar-refractivity contribution in [2.75, 3.05) is 6.54 Å². The van der Waals surface area contributed by atoms with E-state index in [0.29, 0.717) is 10.6 Å². The predicted molar refractivity (Wildman–Crippen MR) is 79.6 cm³/mol. The summed E-state index contributed by atoms with van der Waals surface area (Å²) < 4.78 is 19.2. The van der Waals surface area contributed by atoms with E-state index in [9.17, 15) is 4.39 Å². The van der Waals surface area contributed by atoms with Gasteiger partial charge in [-0.15, -0.1) is 0 Å². The molecule has 20 heavy (non-hydrogen) atoms. The van der Waals surface area contributed by atoms with E-state index in [-0.39, 0.29) is 12.4 Å². The lowest BCUT2D eigenvalue weighted by Gasteiger charge is -2.09. The van der Waals surface area contributed by atoms with Crippen LogP contribution < -0.4 is 10.1 Å². The minimum absolute atomic E-state index is 0.164. The molecule has 0 fully saturated rings. The molecule has 0 bridgehead atoms. The van der Waals surface area contributed by atoms with E-state index >= 15 is 0 Å². The monoisotopic (exact) mass is 293 g/mol. The first kappa shape index (κ1) is 14.8. The van der Waals surface area contributed by atoms with Crippen molar-refractivity contribution in [3.63, 3.8) is 0 Å². The van der Waals surface area contributed by atoms with E-state index in [2.05, 4.69) is 12.2 Å². The number of ether oxygens (including phenoxy) is 1. The summed E-state index contributed by atoms with van der Waals surface area (Å²) in [6, 6.07) is 12.2. The second-order valence-electron chi connectivity index (χ2n) is 4.45. The molecule has 2 nitrogen and oxygen atoms in total. The molecule has 0 aliphatic carbocycles. The Hall–Kier alpha value is -1.58. The quantitative estimate of drug-likeness (QED) is 0.863. The van der Waals surface area contributed by atoms with Crippen molar-refractivity contribution in [3.8, 4) is 5.75 Å². The first-order valence-corrected chi connectivity index (χ1v) is 6.93. The molecule has 0 aliphatic heterocycles. The molecule has 1 N–H and O–H groups in total. The van der Waals surface area contributed by atoms with Gasteiger partial charge >= 0.3 is 0 Å². The standard InChI is InChI=1S/C16H17ClFNO/c1-2-19-10-12-4-3-5-15(8-12)20-11-13-9-14(17)6-7-16(13)18/h3-9,19H,2,10-11H2,1H3. The molecule has 0 heterocycles. The minimum Gasteiger partial charge on any atom is -0.489 e. The smallest absolute Gasteiger partial charge is 0.129 e. The van der Waals surface area contributed by atoms with Crippen LogP contribution in [-0.4, -0.2) is 6.54 Å². The molecular weight excluding hydrogens is 277 g/mol. The number of hydrogen-bond donors (Lipinski definition) is 1. The lowest BCUT2D eigenvalue weighted by Crippen LogP contribution is -2.11. The maximum absolute atomic E-state index is 13.6. The third-order valence-corrected chi connectivity index (χ3v) is 3.11. The van der Waals surface area contributed by atoms with Gasteiger partial charge in [0.2, 0.25) is 0 Å². The van der Waals surface area contributed by atoms with Crippen molar-refractivity contribution in [1.82, 2.24) is 5.32 Å². The fraction of sp³-hybridized carbons (Fsp3) is 0.250. The number of nitrogens with one attached hydrogen (secondary N) is 1. The number of rotatable bonds is 6. The second-order valence-corrected chi connectivity index (χ2v) is 4.89. The zero-order valence-electron chi connectivity index (χ0n) is 11.3. The average molecular weight is 294 g/mol. The van der Waals surface area contributed by atoms with E-state index in [4.69, 9.17) is 16.3 Å². The minimum atomic E-state index is -0.307. The molecule has 0 atom stereocenters. The van der Waals surface area contributed by atoms with Gasteiger partial charge in [0, 0.05) is 17.1 Å². The highest BCUT2D eigenvalue weighted by Crippen LogP contribution is 2.19. The summed E-state index contributed by atoms with van der Waals surface area (Å²) in [4.78, 5) is 0. The Bertz CT molecular complexity index is 574. The topological polar surface area (TPSA) is 21.3 Å². The van der Waals surface area contributed by atoms with E-state index in [0.717, 1.165) is 24.4 Å². The van der Waals surface area contributed by atoms with Crippen molar-refractivity contribution in [2.24, 2.45) is 0 Å². The molecular formula is C16H17ClFNO. The molecule has 0 saturated carbocycles. The molecule has 2 rings (SSSR count). The highest BCUT2D eigenvalue weighted by Gasteiger charge is 2.04. The summed E-state index contributed by atoms with van der Waals surface area (Å²) in [6.07, 6.45) is 0. The summed E-state index contributed by atoms with van der Waals surface area (Å²) >= 11 is 5.85. The van der Waals surface area contributed by atoms with Crippen molar-refractivity contribution in [1.29, 1.82) is 0 Å². The Labute approximate surface area is 123 Å². The zero-order valence-corrected chi connectivity index (χ0v) is 12.1. The van der Waals surface area contributed by atoms with Crippen LogP contribution in [0.1, 0.15) is 18.1 Å². The van der Waals surface area contributed by atoms with Gasteiger partial charge in [-0.2, -0.15) is 0 Å². The SMILES string of the molecule is CCNCc1cccc(OCc2cc(Cl)ccc2F)c1. The largest absolute Gasteiger partial charge is 0.489 e. The van der Waals surface area contributed by atoms with Crippen molar-refractivity contribution < 1.29 is 9.13 Å². The van der Waals surface area contributed by atoms with Crippen LogP contribution in [0.15, 0.2) is 42.5 Å². The van der Waals surface area contributed by atoms with Crippen LogP contribution in [0.5, 0.6) is 5.75 Å². The van der Waals surface area contributed by atoms with Crippen LogP contribution >= 0.6 is 11.6 Å². The average Bonchev–Trinajstić information content (AvgIpc) is 2.46. The van der Waals surface area contributed by atoms with Crippen molar-refractivity contribution >= 4 is 11.6 Å². The number of halogens is 2. The molecule has 4 heteroatoms. The van der Waals surface area contributed by atoms with Crippen molar-refractivity contribution in [2.45, 2.75) is 20.1 Å². The van der Waals surface area contributed by atoms with E-state index in [1.54, 1.807) is 6.07 Å². The normalized spacial score (nSPS) is 10.6. The van der Waals surface area contributed by atoms with E-state index in [1.807, 2.05) is 24.3 Å². The molecule has 0 radical (unpaired) electrons. The summed E-state index contributed by atoms with van der Waals surface area (Å²) in [7, 11) is 0. The van der Waals surface area contributed by atoms with Crippen LogP contribution in [0.25, 0.3) is 0 Å². The summed E-state index contributed by atoms with van der Waals surface area (Å²) in [5.74, 6) is 0.415. The lowest BCUT2D eigenvalue weighted by atomic mass is 10.2. The fourth-order valence-corrected chi connectivity index (χ4v) is 2.02. The molecule has 0 aromatic heterocycles.